The van der Waals surface area contributed by atoms with Crippen molar-refractivity contribution in [2.24, 2.45) is 5.92 Å². The van der Waals surface area contributed by atoms with Crippen molar-refractivity contribution in [1.82, 2.24) is 20.7 Å². The molecule has 0 aliphatic heterocycles. The molecule has 6 heteroatoms. The SMILES string of the molecule is CCCN(NC)C(=O)C(C)NCC1CC1c1c[nH]c2ccc(F)cc12. The van der Waals surface area contributed by atoms with Gasteiger partial charge in [-0.1, -0.05) is 6.92 Å². The zero-order valence-electron chi connectivity index (χ0n) is 15.1. The van der Waals surface area contributed by atoms with Gasteiger partial charge in [0.25, 0.3) is 5.91 Å². The summed E-state index contributed by atoms with van der Waals surface area (Å²) in [6.07, 6.45) is 3.98. The van der Waals surface area contributed by atoms with E-state index in [0.29, 0.717) is 18.4 Å². The van der Waals surface area contributed by atoms with Crippen molar-refractivity contribution in [1.29, 1.82) is 0 Å². The van der Waals surface area contributed by atoms with Gasteiger partial charge >= 0.3 is 0 Å². The molecule has 1 aromatic carbocycles. The molecule has 0 spiro atoms. The summed E-state index contributed by atoms with van der Waals surface area (Å²) in [5, 5.41) is 5.98. The highest BCUT2D eigenvalue weighted by Gasteiger charge is 2.39. The van der Waals surface area contributed by atoms with E-state index in [1.807, 2.05) is 13.1 Å². The van der Waals surface area contributed by atoms with Crippen molar-refractivity contribution in [3.63, 3.8) is 0 Å². The topological polar surface area (TPSA) is 60.2 Å². The number of carbonyl (C=O) groups excluding carboxylic acids is 1. The van der Waals surface area contributed by atoms with Gasteiger partial charge in [-0.2, -0.15) is 0 Å². The van der Waals surface area contributed by atoms with E-state index in [1.54, 1.807) is 24.2 Å². The third-order valence-electron chi connectivity index (χ3n) is 5.04. The Morgan fingerprint density at radius 3 is 3.00 bits per heavy atom. The number of fused-ring (bicyclic) bond motifs is 1. The number of amides is 1. The Morgan fingerprint density at radius 1 is 1.48 bits per heavy atom. The van der Waals surface area contributed by atoms with Crippen molar-refractivity contribution in [2.75, 3.05) is 20.1 Å². The van der Waals surface area contributed by atoms with Crippen molar-refractivity contribution >= 4 is 16.8 Å². The van der Waals surface area contributed by atoms with Gasteiger partial charge in [0.2, 0.25) is 0 Å². The Balaban J connectivity index is 1.56. The van der Waals surface area contributed by atoms with E-state index in [-0.39, 0.29) is 17.8 Å². The van der Waals surface area contributed by atoms with Crippen LogP contribution in [0, 0.1) is 11.7 Å². The van der Waals surface area contributed by atoms with Gasteiger partial charge < -0.3 is 10.3 Å². The highest BCUT2D eigenvalue weighted by molar-refractivity contribution is 5.84. The maximum atomic E-state index is 13.5. The van der Waals surface area contributed by atoms with Crippen molar-refractivity contribution < 1.29 is 9.18 Å². The zero-order valence-corrected chi connectivity index (χ0v) is 15.1. The number of hydrogen-bond acceptors (Lipinski definition) is 3. The van der Waals surface area contributed by atoms with E-state index in [0.717, 1.165) is 30.3 Å². The third-order valence-corrected chi connectivity index (χ3v) is 5.04. The van der Waals surface area contributed by atoms with Gasteiger partial charge in [-0.25, -0.2) is 9.82 Å². The Bertz CT molecular complexity index is 744. The predicted octanol–water partition coefficient (Wildman–Crippen LogP) is 2.76. The summed E-state index contributed by atoms with van der Waals surface area (Å²) in [6.45, 7) is 5.45. The van der Waals surface area contributed by atoms with E-state index >= 15 is 0 Å². The quantitative estimate of drug-likeness (QED) is 0.644. The molecular weight excluding hydrogens is 319 g/mol. The summed E-state index contributed by atoms with van der Waals surface area (Å²) in [5.74, 6) is 0.787. The number of rotatable bonds is 8. The number of aromatic amines is 1. The van der Waals surface area contributed by atoms with Crippen LogP contribution in [0.5, 0.6) is 0 Å². The number of halogens is 1. The Morgan fingerprint density at radius 2 is 2.28 bits per heavy atom. The molecule has 0 bridgehead atoms. The fourth-order valence-electron chi connectivity index (χ4n) is 3.48. The van der Waals surface area contributed by atoms with Gasteiger partial charge in [0.05, 0.1) is 6.04 Å². The minimum atomic E-state index is -0.222. The highest BCUT2D eigenvalue weighted by Crippen LogP contribution is 2.49. The lowest BCUT2D eigenvalue weighted by atomic mass is 10.1. The lowest BCUT2D eigenvalue weighted by Gasteiger charge is -2.24. The summed E-state index contributed by atoms with van der Waals surface area (Å²) in [4.78, 5) is 15.6. The van der Waals surface area contributed by atoms with E-state index in [4.69, 9.17) is 0 Å². The van der Waals surface area contributed by atoms with Gasteiger partial charge in [-0.3, -0.25) is 9.80 Å². The van der Waals surface area contributed by atoms with Gasteiger partial charge in [-0.05, 0) is 61.9 Å². The fraction of sp³-hybridized carbons (Fsp3) is 0.526. The summed E-state index contributed by atoms with van der Waals surface area (Å²) >= 11 is 0. The number of nitrogens with one attached hydrogen (secondary N) is 3. The Labute approximate surface area is 147 Å². The number of hydrazine groups is 1. The van der Waals surface area contributed by atoms with Crippen molar-refractivity contribution in [3.05, 3.63) is 35.8 Å². The van der Waals surface area contributed by atoms with Crippen LogP contribution < -0.4 is 10.7 Å². The third kappa shape index (κ3) is 3.85. The van der Waals surface area contributed by atoms with Gasteiger partial charge in [0.1, 0.15) is 5.82 Å². The monoisotopic (exact) mass is 346 g/mol. The first-order chi connectivity index (χ1) is 12.0. The predicted molar refractivity (Wildman–Crippen MR) is 97.6 cm³/mol. The molecule has 1 fully saturated rings. The number of carbonyl (C=O) groups is 1. The molecular formula is C19H27FN4O. The van der Waals surface area contributed by atoms with E-state index in [9.17, 15) is 9.18 Å². The highest BCUT2D eigenvalue weighted by atomic mass is 19.1. The number of H-pyrrole nitrogens is 1. The molecule has 0 saturated heterocycles. The van der Waals surface area contributed by atoms with Crippen LogP contribution in [0.15, 0.2) is 24.4 Å². The van der Waals surface area contributed by atoms with Crippen LogP contribution in [0.3, 0.4) is 0 Å². The molecule has 1 aliphatic carbocycles. The molecule has 1 saturated carbocycles. The second-order valence-electron chi connectivity index (χ2n) is 6.88. The van der Waals surface area contributed by atoms with E-state index in [2.05, 4.69) is 22.7 Å². The second-order valence-corrected chi connectivity index (χ2v) is 6.88. The molecule has 2 aromatic rings. The van der Waals surface area contributed by atoms with Gasteiger partial charge in [-0.15, -0.1) is 0 Å². The molecule has 0 radical (unpaired) electrons. The maximum absolute atomic E-state index is 13.5. The first-order valence-corrected chi connectivity index (χ1v) is 9.03. The molecule has 25 heavy (non-hydrogen) atoms. The number of aromatic nitrogens is 1. The van der Waals surface area contributed by atoms with Crippen LogP contribution in [-0.4, -0.2) is 42.1 Å². The smallest absolute Gasteiger partial charge is 0.253 e. The minimum Gasteiger partial charge on any atom is -0.361 e. The molecule has 1 aliphatic rings. The summed E-state index contributed by atoms with van der Waals surface area (Å²) in [6, 6.07) is 4.64. The molecule has 1 aromatic heterocycles. The van der Waals surface area contributed by atoms with Crippen molar-refractivity contribution in [3.8, 4) is 0 Å². The zero-order chi connectivity index (χ0) is 18.0. The number of hydrogen-bond donors (Lipinski definition) is 3. The van der Waals surface area contributed by atoms with Gasteiger partial charge in [0, 0.05) is 30.7 Å². The largest absolute Gasteiger partial charge is 0.361 e. The number of nitrogens with zero attached hydrogens (tertiary/aromatic N) is 1. The van der Waals surface area contributed by atoms with Crippen LogP contribution in [0.2, 0.25) is 0 Å². The summed E-state index contributed by atoms with van der Waals surface area (Å²) < 4.78 is 13.5. The van der Waals surface area contributed by atoms with Crippen LogP contribution in [-0.2, 0) is 4.79 Å². The van der Waals surface area contributed by atoms with E-state index < -0.39 is 0 Å². The first-order valence-electron chi connectivity index (χ1n) is 9.03. The lowest BCUT2D eigenvalue weighted by molar-refractivity contribution is -0.135. The standard InChI is InChI=1S/C19H27FN4O/c1-4-7-24(21-3)19(25)12(2)22-10-13-8-15(13)17-11-23-18-6-5-14(20)9-16(17)18/h5-6,9,11-13,15,21-23H,4,7-8,10H2,1-3H3. The van der Waals surface area contributed by atoms with Crippen LogP contribution in [0.25, 0.3) is 10.9 Å². The molecule has 1 amide bonds. The molecule has 5 nitrogen and oxygen atoms in total. The molecule has 3 N–H and O–H groups in total. The summed E-state index contributed by atoms with van der Waals surface area (Å²) in [5.41, 5.74) is 5.11. The molecule has 3 atom stereocenters. The Kier molecular flexibility index (Phi) is 5.39. The van der Waals surface area contributed by atoms with Crippen LogP contribution in [0.1, 0.15) is 38.2 Å². The molecule has 136 valence electrons. The van der Waals surface area contributed by atoms with Crippen LogP contribution in [0.4, 0.5) is 4.39 Å². The molecule has 3 rings (SSSR count). The maximum Gasteiger partial charge on any atom is 0.253 e. The average molecular weight is 346 g/mol. The first kappa shape index (κ1) is 17.9. The van der Waals surface area contributed by atoms with Crippen molar-refractivity contribution in [2.45, 2.75) is 38.6 Å². The number of benzene rings is 1. The minimum absolute atomic E-state index is 0.0655. The van der Waals surface area contributed by atoms with E-state index in [1.165, 1.54) is 11.6 Å². The Hall–Kier alpha value is -1.92. The fourth-order valence-corrected chi connectivity index (χ4v) is 3.48. The van der Waals surface area contributed by atoms with Gasteiger partial charge in [0.15, 0.2) is 0 Å². The second kappa shape index (κ2) is 7.54. The average Bonchev–Trinajstić information content (AvgIpc) is 3.26. The lowest BCUT2D eigenvalue weighted by Crippen LogP contribution is -2.50. The molecule has 3 unspecified atom stereocenters. The normalized spacial score (nSPS) is 20.6. The summed E-state index contributed by atoms with van der Waals surface area (Å²) in [7, 11) is 1.77. The van der Waals surface area contributed by atoms with Crippen LogP contribution >= 0.6 is 0 Å². The molecule has 1 heterocycles.